The van der Waals surface area contributed by atoms with Gasteiger partial charge in [-0.25, -0.2) is 5.43 Å². The molecule has 0 fully saturated rings. The Labute approximate surface area is 120 Å². The van der Waals surface area contributed by atoms with E-state index in [1.165, 1.54) is 10.6 Å². The quantitative estimate of drug-likeness (QED) is 0.674. The van der Waals surface area contributed by atoms with Crippen molar-refractivity contribution < 1.29 is 4.79 Å². The summed E-state index contributed by atoms with van der Waals surface area (Å²) < 4.78 is 1.33. The maximum absolute atomic E-state index is 11.8. The lowest BCUT2D eigenvalue weighted by atomic mass is 10.2. The number of thiophene rings is 1. The smallest absolute Gasteiger partial charge is 0.260 e. The van der Waals surface area contributed by atoms with Gasteiger partial charge in [-0.3, -0.25) is 9.59 Å². The van der Waals surface area contributed by atoms with Gasteiger partial charge in [0.05, 0.1) is 10.6 Å². The zero-order valence-electron chi connectivity index (χ0n) is 11.1. The van der Waals surface area contributed by atoms with E-state index in [1.54, 1.807) is 29.7 Å². The van der Waals surface area contributed by atoms with E-state index in [9.17, 15) is 9.59 Å². The van der Waals surface area contributed by atoms with E-state index < -0.39 is 0 Å². The Balaban J connectivity index is 2.01. The van der Waals surface area contributed by atoms with Crippen LogP contribution in [0.4, 0.5) is 0 Å². The summed E-state index contributed by atoms with van der Waals surface area (Å²) in [4.78, 5) is 24.3. The number of aromatic nitrogens is 1. The van der Waals surface area contributed by atoms with Gasteiger partial charge in [-0.2, -0.15) is 5.10 Å². The van der Waals surface area contributed by atoms with Gasteiger partial charge in [-0.05, 0) is 23.9 Å². The highest BCUT2D eigenvalue weighted by Gasteiger charge is 2.05. The van der Waals surface area contributed by atoms with E-state index >= 15 is 0 Å². The van der Waals surface area contributed by atoms with Crippen LogP contribution in [0, 0.1) is 0 Å². The summed E-state index contributed by atoms with van der Waals surface area (Å²) in [6.07, 6.45) is 2.30. The van der Waals surface area contributed by atoms with Crippen LogP contribution in [0.1, 0.15) is 18.2 Å². The van der Waals surface area contributed by atoms with E-state index in [0.717, 1.165) is 17.0 Å². The second kappa shape index (κ2) is 6.81. The van der Waals surface area contributed by atoms with Crippen LogP contribution in [0.5, 0.6) is 0 Å². The minimum Gasteiger partial charge on any atom is -0.306 e. The zero-order valence-corrected chi connectivity index (χ0v) is 11.9. The molecule has 0 aliphatic rings. The van der Waals surface area contributed by atoms with Gasteiger partial charge >= 0.3 is 0 Å². The topological polar surface area (TPSA) is 63.5 Å². The van der Waals surface area contributed by atoms with Crippen LogP contribution >= 0.6 is 11.3 Å². The lowest BCUT2D eigenvalue weighted by Gasteiger charge is -2.05. The number of carbonyl (C=O) groups excluding carboxylic acids is 1. The summed E-state index contributed by atoms with van der Waals surface area (Å²) in [7, 11) is 0. The number of rotatable bonds is 5. The van der Waals surface area contributed by atoms with Crippen molar-refractivity contribution in [3.8, 4) is 0 Å². The molecule has 1 amide bonds. The molecule has 2 rings (SSSR count). The minimum atomic E-state index is -0.319. The van der Waals surface area contributed by atoms with Crippen LogP contribution in [0.3, 0.4) is 0 Å². The molecule has 0 aliphatic carbocycles. The summed E-state index contributed by atoms with van der Waals surface area (Å²) in [6.45, 7) is 1.94. The van der Waals surface area contributed by atoms with Gasteiger partial charge in [0.15, 0.2) is 0 Å². The highest BCUT2D eigenvalue weighted by molar-refractivity contribution is 7.12. The van der Waals surface area contributed by atoms with Gasteiger partial charge in [0.1, 0.15) is 6.54 Å². The molecule has 2 aromatic heterocycles. The molecule has 0 saturated carbocycles. The lowest BCUT2D eigenvalue weighted by molar-refractivity contribution is -0.121. The highest BCUT2D eigenvalue weighted by atomic mass is 32.1. The van der Waals surface area contributed by atoms with Crippen molar-refractivity contribution in [3.63, 3.8) is 0 Å². The van der Waals surface area contributed by atoms with E-state index in [1.807, 2.05) is 24.4 Å². The van der Waals surface area contributed by atoms with Gasteiger partial charge in [-0.15, -0.1) is 11.3 Å². The van der Waals surface area contributed by atoms with Gasteiger partial charge in [0, 0.05) is 12.3 Å². The van der Waals surface area contributed by atoms with Crippen LogP contribution in [0.25, 0.3) is 0 Å². The third-order valence-electron chi connectivity index (χ3n) is 2.67. The number of amides is 1. The SMILES string of the molecule is CC/C(=N/NC(=O)Cn1ccccc1=O)c1cccs1. The van der Waals surface area contributed by atoms with Gasteiger partial charge in [0.25, 0.3) is 11.5 Å². The average molecular weight is 289 g/mol. The molecular formula is C14H15N3O2S. The summed E-state index contributed by atoms with van der Waals surface area (Å²) in [5.74, 6) is -0.319. The highest BCUT2D eigenvalue weighted by Crippen LogP contribution is 2.11. The van der Waals surface area contributed by atoms with Crippen molar-refractivity contribution in [2.24, 2.45) is 5.10 Å². The number of hydrogen-bond donors (Lipinski definition) is 1. The van der Waals surface area contributed by atoms with Gasteiger partial charge in [-0.1, -0.05) is 19.1 Å². The van der Waals surface area contributed by atoms with Crippen LogP contribution in [0.2, 0.25) is 0 Å². The number of carbonyl (C=O) groups is 1. The molecule has 5 nitrogen and oxygen atoms in total. The van der Waals surface area contributed by atoms with Crippen molar-refractivity contribution in [3.05, 3.63) is 57.1 Å². The second-order valence-electron chi connectivity index (χ2n) is 4.09. The third-order valence-corrected chi connectivity index (χ3v) is 3.59. The maximum Gasteiger partial charge on any atom is 0.260 e. The predicted octanol–water partition coefficient (Wildman–Crippen LogP) is 1.84. The molecule has 104 valence electrons. The van der Waals surface area contributed by atoms with Crippen molar-refractivity contribution in [2.75, 3.05) is 0 Å². The molecule has 6 heteroatoms. The predicted molar refractivity (Wildman–Crippen MR) is 80.0 cm³/mol. The molecule has 2 aromatic rings. The van der Waals surface area contributed by atoms with Crippen LogP contribution in [0.15, 0.2) is 51.8 Å². The van der Waals surface area contributed by atoms with E-state index in [4.69, 9.17) is 0 Å². The normalized spacial score (nSPS) is 11.3. The van der Waals surface area contributed by atoms with Gasteiger partial charge < -0.3 is 4.57 Å². The first-order valence-electron chi connectivity index (χ1n) is 6.25. The molecule has 0 radical (unpaired) electrons. The van der Waals surface area contributed by atoms with Crippen LogP contribution < -0.4 is 11.0 Å². The van der Waals surface area contributed by atoms with E-state index in [-0.39, 0.29) is 18.0 Å². The number of hydrogen-bond acceptors (Lipinski definition) is 4. The fourth-order valence-electron chi connectivity index (χ4n) is 1.66. The van der Waals surface area contributed by atoms with Crippen molar-refractivity contribution in [1.29, 1.82) is 0 Å². The van der Waals surface area contributed by atoms with Crippen molar-refractivity contribution >= 4 is 23.0 Å². The largest absolute Gasteiger partial charge is 0.306 e. The van der Waals surface area contributed by atoms with Crippen LogP contribution in [-0.2, 0) is 11.3 Å². The molecule has 0 saturated heterocycles. The Bertz CT molecular complexity index is 659. The molecule has 20 heavy (non-hydrogen) atoms. The Kier molecular flexibility index (Phi) is 4.84. The molecule has 0 bridgehead atoms. The summed E-state index contributed by atoms with van der Waals surface area (Å²) in [5.41, 5.74) is 3.11. The summed E-state index contributed by atoms with van der Waals surface area (Å²) >= 11 is 1.58. The van der Waals surface area contributed by atoms with Gasteiger partial charge in [0.2, 0.25) is 0 Å². The summed E-state index contributed by atoms with van der Waals surface area (Å²) in [6, 6.07) is 8.67. The second-order valence-corrected chi connectivity index (χ2v) is 5.04. The monoisotopic (exact) mass is 289 g/mol. The number of nitrogens with zero attached hydrogens (tertiary/aromatic N) is 2. The third kappa shape index (κ3) is 3.64. The molecule has 0 unspecified atom stereocenters. The Morgan fingerprint density at radius 1 is 1.35 bits per heavy atom. The number of nitrogens with one attached hydrogen (secondary N) is 1. The molecule has 0 atom stereocenters. The average Bonchev–Trinajstić information content (AvgIpc) is 2.96. The minimum absolute atomic E-state index is 0.0371. The fraction of sp³-hybridized carbons (Fsp3) is 0.214. The first-order chi connectivity index (χ1) is 9.70. The molecule has 1 N–H and O–H groups in total. The first-order valence-corrected chi connectivity index (χ1v) is 7.13. The molecule has 0 spiro atoms. The zero-order chi connectivity index (χ0) is 14.4. The molecule has 2 heterocycles. The Morgan fingerprint density at radius 3 is 2.85 bits per heavy atom. The number of hydrazone groups is 1. The Morgan fingerprint density at radius 2 is 2.20 bits per heavy atom. The molecule has 0 aromatic carbocycles. The molecule has 0 aliphatic heterocycles. The van der Waals surface area contributed by atoms with E-state index in [2.05, 4.69) is 10.5 Å². The summed E-state index contributed by atoms with van der Waals surface area (Å²) in [5, 5.41) is 6.09. The van der Waals surface area contributed by atoms with Crippen LogP contribution in [-0.4, -0.2) is 16.2 Å². The van der Waals surface area contributed by atoms with Crippen molar-refractivity contribution in [2.45, 2.75) is 19.9 Å². The first kappa shape index (κ1) is 14.2. The fourth-order valence-corrected chi connectivity index (χ4v) is 2.45. The molecular weight excluding hydrogens is 274 g/mol. The van der Waals surface area contributed by atoms with E-state index in [0.29, 0.717) is 0 Å². The number of pyridine rings is 1. The van der Waals surface area contributed by atoms with Crippen molar-refractivity contribution in [1.82, 2.24) is 9.99 Å². The standard InChI is InChI=1S/C14H15N3O2S/c1-2-11(12-6-5-9-20-12)15-16-13(18)10-17-8-4-3-7-14(17)19/h3-9H,2,10H2,1H3,(H,16,18)/b15-11-. The maximum atomic E-state index is 11.8. The Hall–Kier alpha value is -2.21. The lowest BCUT2D eigenvalue weighted by Crippen LogP contribution is -2.29.